The highest BCUT2D eigenvalue weighted by Gasteiger charge is 2.20. The molecule has 0 saturated carbocycles. The van der Waals surface area contributed by atoms with Crippen LogP contribution in [-0.4, -0.2) is 47.7 Å². The number of aliphatic carboxylic acids is 1. The molecule has 0 aromatic heterocycles. The van der Waals surface area contributed by atoms with Crippen molar-refractivity contribution in [3.8, 4) is 11.5 Å². The van der Waals surface area contributed by atoms with E-state index in [4.69, 9.17) is 14.2 Å². The molecule has 2 aromatic carbocycles. The lowest BCUT2D eigenvalue weighted by Gasteiger charge is -2.17. The van der Waals surface area contributed by atoms with Gasteiger partial charge in [-0.15, -0.1) is 0 Å². The number of hydrogen-bond donors (Lipinski definition) is 2. The van der Waals surface area contributed by atoms with E-state index in [0.717, 1.165) is 10.0 Å². The molecule has 0 amide bonds. The average Bonchev–Trinajstić information content (AvgIpc) is 2.65. The molecule has 2 atom stereocenters. The predicted molar refractivity (Wildman–Crippen MR) is 109 cm³/mol. The number of rotatable bonds is 11. The van der Waals surface area contributed by atoms with E-state index in [1.165, 1.54) is 0 Å². The minimum absolute atomic E-state index is 0.0604. The van der Waals surface area contributed by atoms with Crippen molar-refractivity contribution in [1.82, 2.24) is 0 Å². The lowest BCUT2D eigenvalue weighted by molar-refractivity contribution is -0.153. The second-order valence-corrected chi connectivity index (χ2v) is 7.51. The summed E-state index contributed by atoms with van der Waals surface area (Å²) in [6.07, 6.45) is -1.66. The van der Waals surface area contributed by atoms with Crippen LogP contribution in [0.1, 0.15) is 19.4 Å². The van der Waals surface area contributed by atoms with Crippen molar-refractivity contribution in [2.45, 2.75) is 38.6 Å². The molecule has 0 radical (unpaired) electrons. The van der Waals surface area contributed by atoms with Gasteiger partial charge in [0.05, 0.1) is 6.10 Å². The lowest BCUT2D eigenvalue weighted by atomic mass is 10.1. The van der Waals surface area contributed by atoms with E-state index in [9.17, 15) is 15.0 Å². The molecule has 0 aliphatic carbocycles. The third kappa shape index (κ3) is 7.88. The van der Waals surface area contributed by atoms with E-state index in [1.807, 2.05) is 18.2 Å². The summed E-state index contributed by atoms with van der Waals surface area (Å²) in [7, 11) is 0. The van der Waals surface area contributed by atoms with Gasteiger partial charge in [-0.2, -0.15) is 0 Å². The van der Waals surface area contributed by atoms with Gasteiger partial charge in [0, 0.05) is 10.9 Å². The van der Waals surface area contributed by atoms with Crippen LogP contribution in [0.5, 0.6) is 11.5 Å². The third-order valence-corrected chi connectivity index (χ3v) is 4.26. The van der Waals surface area contributed by atoms with Crippen LogP contribution in [-0.2, 0) is 16.0 Å². The van der Waals surface area contributed by atoms with Crippen LogP contribution in [0.2, 0.25) is 0 Å². The number of halogens is 1. The summed E-state index contributed by atoms with van der Waals surface area (Å²) in [5.41, 5.74) is 0.783. The second-order valence-electron chi connectivity index (χ2n) is 6.59. The summed E-state index contributed by atoms with van der Waals surface area (Å²) in [5.74, 6) is 0.212. The van der Waals surface area contributed by atoms with Crippen molar-refractivity contribution < 1.29 is 29.2 Å². The fraction of sp³-hybridized carbons (Fsp3) is 0.381. The van der Waals surface area contributed by atoms with Gasteiger partial charge >= 0.3 is 5.97 Å². The molecule has 2 aromatic rings. The number of hydrogen-bond acceptors (Lipinski definition) is 5. The smallest absolute Gasteiger partial charge is 0.333 e. The highest BCUT2D eigenvalue weighted by atomic mass is 79.9. The molecule has 0 fully saturated rings. The molecule has 2 unspecified atom stereocenters. The first-order valence-corrected chi connectivity index (χ1v) is 9.79. The Balaban J connectivity index is 1.84. The molecular weight excluding hydrogens is 428 g/mol. The molecule has 0 bridgehead atoms. The number of carbonyl (C=O) groups is 1. The minimum atomic E-state index is -1.000. The van der Waals surface area contributed by atoms with E-state index in [2.05, 4.69) is 15.9 Å². The molecule has 0 spiro atoms. The number of carboxylic acid groups (broad SMARTS) is 1. The van der Waals surface area contributed by atoms with Crippen LogP contribution < -0.4 is 9.47 Å². The topological polar surface area (TPSA) is 85.2 Å². The Morgan fingerprint density at radius 1 is 1.04 bits per heavy atom. The van der Waals surface area contributed by atoms with Crippen molar-refractivity contribution >= 4 is 21.9 Å². The first kappa shape index (κ1) is 22.2. The average molecular weight is 453 g/mol. The molecule has 0 saturated heterocycles. The van der Waals surface area contributed by atoms with Crippen LogP contribution >= 0.6 is 15.9 Å². The number of ether oxygens (including phenoxy) is 3. The quantitative estimate of drug-likeness (QED) is 0.540. The highest BCUT2D eigenvalue weighted by Crippen LogP contribution is 2.18. The van der Waals surface area contributed by atoms with Gasteiger partial charge in [0.25, 0.3) is 0 Å². The molecule has 2 N–H and O–H groups in total. The molecule has 0 aliphatic heterocycles. The number of aliphatic hydroxyl groups is 1. The van der Waals surface area contributed by atoms with Crippen LogP contribution in [0.4, 0.5) is 0 Å². The zero-order valence-corrected chi connectivity index (χ0v) is 17.5. The van der Waals surface area contributed by atoms with E-state index in [-0.39, 0.29) is 25.7 Å². The Morgan fingerprint density at radius 3 is 2.29 bits per heavy atom. The van der Waals surface area contributed by atoms with Gasteiger partial charge < -0.3 is 24.4 Å². The summed E-state index contributed by atoms with van der Waals surface area (Å²) in [6, 6.07) is 14.4. The van der Waals surface area contributed by atoms with E-state index >= 15 is 0 Å². The van der Waals surface area contributed by atoms with Crippen LogP contribution in [0.25, 0.3) is 0 Å². The highest BCUT2D eigenvalue weighted by molar-refractivity contribution is 9.10. The van der Waals surface area contributed by atoms with Crippen LogP contribution in [0.15, 0.2) is 53.0 Å². The molecule has 0 aliphatic rings. The van der Waals surface area contributed by atoms with Gasteiger partial charge in [-0.25, -0.2) is 4.79 Å². The second kappa shape index (κ2) is 11.0. The molecule has 152 valence electrons. The maximum absolute atomic E-state index is 11.3. The Kier molecular flexibility index (Phi) is 8.76. The van der Waals surface area contributed by atoms with Crippen molar-refractivity contribution in [3.05, 3.63) is 58.6 Å². The van der Waals surface area contributed by atoms with E-state index in [0.29, 0.717) is 11.5 Å². The lowest BCUT2D eigenvalue weighted by Crippen LogP contribution is -2.29. The molecule has 2 rings (SSSR count). The zero-order valence-electron chi connectivity index (χ0n) is 15.9. The number of aliphatic hydroxyl groups excluding tert-OH is 1. The predicted octanol–water partition coefficient (Wildman–Crippen LogP) is 3.69. The summed E-state index contributed by atoms with van der Waals surface area (Å²) in [4.78, 5) is 11.3. The molecular formula is C21H25BrO6. The van der Waals surface area contributed by atoms with Crippen LogP contribution in [0, 0.1) is 0 Å². The first-order chi connectivity index (χ1) is 13.3. The van der Waals surface area contributed by atoms with Crippen molar-refractivity contribution in [2.24, 2.45) is 0 Å². The Labute approximate surface area is 173 Å². The molecule has 28 heavy (non-hydrogen) atoms. The van der Waals surface area contributed by atoms with Gasteiger partial charge in [0.15, 0.2) is 6.10 Å². The van der Waals surface area contributed by atoms with Gasteiger partial charge in [0.1, 0.15) is 30.8 Å². The van der Waals surface area contributed by atoms with Gasteiger partial charge in [-0.1, -0.05) is 28.1 Å². The van der Waals surface area contributed by atoms with E-state index < -0.39 is 18.2 Å². The fourth-order valence-corrected chi connectivity index (χ4v) is 2.73. The summed E-state index contributed by atoms with van der Waals surface area (Å²) in [5, 5.41) is 19.3. The maximum atomic E-state index is 11.3. The maximum Gasteiger partial charge on any atom is 0.333 e. The standard InChI is InChI=1S/C21H25BrO6/c1-14(2)28-20(21(24)25)11-15-4-3-5-19(10-15)27-13-17(23)12-26-18-8-6-16(22)7-9-18/h3-10,14,17,20,23H,11-13H2,1-2H3,(H,24,25). The molecule has 7 heteroatoms. The Hall–Kier alpha value is -2.09. The summed E-state index contributed by atoms with van der Waals surface area (Å²) < 4.78 is 17.5. The van der Waals surface area contributed by atoms with Crippen molar-refractivity contribution in [2.75, 3.05) is 13.2 Å². The van der Waals surface area contributed by atoms with E-state index in [1.54, 1.807) is 44.2 Å². The third-order valence-electron chi connectivity index (χ3n) is 3.73. The normalized spacial score (nSPS) is 13.2. The summed E-state index contributed by atoms with van der Waals surface area (Å²) in [6.45, 7) is 3.76. The van der Waals surface area contributed by atoms with Gasteiger partial charge in [-0.3, -0.25) is 0 Å². The minimum Gasteiger partial charge on any atom is -0.491 e. The van der Waals surface area contributed by atoms with Crippen LogP contribution in [0.3, 0.4) is 0 Å². The monoisotopic (exact) mass is 452 g/mol. The molecule has 0 heterocycles. The van der Waals surface area contributed by atoms with Gasteiger partial charge in [0.2, 0.25) is 0 Å². The number of benzene rings is 2. The van der Waals surface area contributed by atoms with Crippen molar-refractivity contribution in [1.29, 1.82) is 0 Å². The van der Waals surface area contributed by atoms with Gasteiger partial charge in [-0.05, 0) is 55.8 Å². The Morgan fingerprint density at radius 2 is 1.68 bits per heavy atom. The largest absolute Gasteiger partial charge is 0.491 e. The summed E-state index contributed by atoms with van der Waals surface area (Å²) >= 11 is 3.35. The zero-order chi connectivity index (χ0) is 20.5. The number of carboxylic acids is 1. The fourth-order valence-electron chi connectivity index (χ4n) is 2.46. The Bertz CT molecular complexity index is 747. The first-order valence-electron chi connectivity index (χ1n) is 9.00. The SMILES string of the molecule is CC(C)OC(Cc1cccc(OCC(O)COc2ccc(Br)cc2)c1)C(=O)O. The molecule has 6 nitrogen and oxygen atoms in total. The van der Waals surface area contributed by atoms with Crippen molar-refractivity contribution in [3.63, 3.8) is 0 Å².